The average Bonchev–Trinajstić information content (AvgIpc) is 2.87. The number of aliphatic carboxylic acids is 1. The first kappa shape index (κ1) is 26.9. The molecule has 3 aromatic carbocycles. The topological polar surface area (TPSA) is 110 Å². The lowest BCUT2D eigenvalue weighted by molar-refractivity contribution is -0.274. The minimum absolute atomic E-state index is 0.0720. The zero-order valence-corrected chi connectivity index (χ0v) is 19.1. The molecule has 0 aliphatic carbocycles. The smallest absolute Gasteiger partial charge is 0.481 e. The second kappa shape index (κ2) is 11.8. The molecular weight excluding hydrogens is 491 g/mol. The van der Waals surface area contributed by atoms with Crippen molar-refractivity contribution in [3.63, 3.8) is 0 Å². The Morgan fingerprint density at radius 1 is 0.784 bits per heavy atom. The number of ether oxygens (including phenoxy) is 1. The summed E-state index contributed by atoms with van der Waals surface area (Å²) in [5.41, 5.74) is 0.704. The highest BCUT2D eigenvalue weighted by Crippen LogP contribution is 2.27. The average molecular weight is 511 g/mol. The van der Waals surface area contributed by atoms with E-state index in [1.54, 1.807) is 30.3 Å². The third-order valence-electron chi connectivity index (χ3n) is 5.01. The van der Waals surface area contributed by atoms with Gasteiger partial charge in [0.2, 0.25) is 0 Å². The van der Waals surface area contributed by atoms with Gasteiger partial charge in [0.1, 0.15) is 5.75 Å². The molecule has 0 saturated heterocycles. The van der Waals surface area contributed by atoms with Gasteiger partial charge in [-0.25, -0.2) is 0 Å². The highest BCUT2D eigenvalue weighted by atomic mass is 19.4. The lowest BCUT2D eigenvalue weighted by Crippen LogP contribution is -2.26. The van der Waals surface area contributed by atoms with Crippen molar-refractivity contribution in [3.05, 3.63) is 107 Å². The number of amides is 1. The van der Waals surface area contributed by atoms with Gasteiger partial charge in [-0.05, 0) is 35.9 Å². The van der Waals surface area contributed by atoms with Crippen LogP contribution in [0.15, 0.2) is 84.9 Å². The monoisotopic (exact) mass is 511 g/mol. The van der Waals surface area contributed by atoms with Crippen LogP contribution >= 0.6 is 0 Å². The SMILES string of the molecule is O=C(O)CCNC(=O)c1ccc(C(=O)C(=CC(=O)c2ccccc2)c2ccc(OC(F)(F)F)cc2)cc1. The number of rotatable bonds is 10. The van der Waals surface area contributed by atoms with E-state index in [1.807, 2.05) is 0 Å². The summed E-state index contributed by atoms with van der Waals surface area (Å²) in [5.74, 6) is -3.18. The Labute approximate surface area is 209 Å². The zero-order chi connectivity index (χ0) is 27.0. The first-order valence-electron chi connectivity index (χ1n) is 10.9. The van der Waals surface area contributed by atoms with Crippen molar-refractivity contribution in [2.45, 2.75) is 12.8 Å². The van der Waals surface area contributed by atoms with Crippen molar-refractivity contribution in [2.75, 3.05) is 6.54 Å². The number of allylic oxidation sites excluding steroid dienone is 2. The van der Waals surface area contributed by atoms with Crippen molar-refractivity contribution in [2.24, 2.45) is 0 Å². The van der Waals surface area contributed by atoms with Gasteiger partial charge >= 0.3 is 12.3 Å². The van der Waals surface area contributed by atoms with Crippen molar-refractivity contribution < 1.29 is 42.2 Å². The van der Waals surface area contributed by atoms with Gasteiger partial charge in [-0.1, -0.05) is 54.6 Å². The molecule has 0 fully saturated rings. The summed E-state index contributed by atoms with van der Waals surface area (Å²) in [5, 5.41) is 11.1. The van der Waals surface area contributed by atoms with E-state index in [-0.39, 0.29) is 35.2 Å². The van der Waals surface area contributed by atoms with Crippen molar-refractivity contribution in [1.82, 2.24) is 5.32 Å². The van der Waals surface area contributed by atoms with Gasteiger partial charge in [0.25, 0.3) is 5.91 Å². The van der Waals surface area contributed by atoms with Crippen LogP contribution in [-0.4, -0.2) is 41.5 Å². The van der Waals surface area contributed by atoms with Crippen LogP contribution in [0.5, 0.6) is 5.75 Å². The number of nitrogens with one attached hydrogen (secondary N) is 1. The molecule has 7 nitrogen and oxygen atoms in total. The van der Waals surface area contributed by atoms with E-state index in [1.165, 1.54) is 36.4 Å². The van der Waals surface area contributed by atoms with Crippen molar-refractivity contribution in [1.29, 1.82) is 0 Å². The van der Waals surface area contributed by atoms with Crippen LogP contribution in [-0.2, 0) is 4.79 Å². The third-order valence-corrected chi connectivity index (χ3v) is 5.01. The number of Topliss-reactive ketones (excluding diaryl/α,β-unsaturated/α-hetero) is 1. The Morgan fingerprint density at radius 3 is 1.92 bits per heavy atom. The first-order chi connectivity index (χ1) is 17.5. The van der Waals surface area contributed by atoms with E-state index in [2.05, 4.69) is 10.1 Å². The lowest BCUT2D eigenvalue weighted by Gasteiger charge is -2.11. The number of benzene rings is 3. The second-order valence-electron chi connectivity index (χ2n) is 7.67. The van der Waals surface area contributed by atoms with E-state index in [9.17, 15) is 32.3 Å². The van der Waals surface area contributed by atoms with Crippen LogP contribution < -0.4 is 10.1 Å². The van der Waals surface area contributed by atoms with Crippen molar-refractivity contribution in [3.8, 4) is 5.75 Å². The number of alkyl halides is 3. The van der Waals surface area contributed by atoms with E-state index in [4.69, 9.17) is 5.11 Å². The molecule has 0 atom stereocenters. The van der Waals surface area contributed by atoms with Crippen LogP contribution in [0.2, 0.25) is 0 Å². The van der Waals surface area contributed by atoms with E-state index in [0.717, 1.165) is 18.2 Å². The number of hydrogen-bond donors (Lipinski definition) is 2. The van der Waals surface area contributed by atoms with Gasteiger partial charge in [0.15, 0.2) is 11.6 Å². The number of carbonyl (C=O) groups is 4. The van der Waals surface area contributed by atoms with Gasteiger partial charge in [-0.15, -0.1) is 13.2 Å². The molecule has 0 heterocycles. The molecule has 2 N–H and O–H groups in total. The molecule has 0 bridgehead atoms. The normalized spacial score (nSPS) is 11.5. The summed E-state index contributed by atoms with van der Waals surface area (Å²) < 4.78 is 41.4. The molecular formula is C27H20F3NO6. The van der Waals surface area contributed by atoms with Crippen molar-refractivity contribution >= 4 is 29.0 Å². The standard InChI is InChI=1S/C27H20F3NO6/c28-27(29,30)37-21-12-10-17(11-13-21)22(16-23(32)18-4-2-1-3-5-18)25(35)19-6-8-20(9-7-19)26(36)31-15-14-24(33)34/h1-13,16H,14-15H2,(H,31,36)(H,33,34). The Kier molecular flexibility index (Phi) is 8.57. The fourth-order valence-corrected chi connectivity index (χ4v) is 3.25. The fourth-order valence-electron chi connectivity index (χ4n) is 3.25. The minimum Gasteiger partial charge on any atom is -0.481 e. The molecule has 0 saturated carbocycles. The number of ketones is 2. The van der Waals surface area contributed by atoms with E-state index >= 15 is 0 Å². The molecule has 0 aromatic heterocycles. The Balaban J connectivity index is 1.90. The maximum atomic E-state index is 13.4. The molecule has 0 spiro atoms. The molecule has 0 radical (unpaired) electrons. The molecule has 0 aliphatic heterocycles. The summed E-state index contributed by atoms with van der Waals surface area (Å²) >= 11 is 0. The molecule has 3 aromatic rings. The Morgan fingerprint density at radius 2 is 1.35 bits per heavy atom. The largest absolute Gasteiger partial charge is 0.573 e. The van der Waals surface area contributed by atoms with E-state index in [0.29, 0.717) is 5.56 Å². The minimum atomic E-state index is -4.89. The quantitative estimate of drug-likeness (QED) is 0.295. The van der Waals surface area contributed by atoms with Crippen LogP contribution in [0.3, 0.4) is 0 Å². The Bertz CT molecular complexity index is 1320. The number of carbonyl (C=O) groups excluding carboxylic acids is 3. The summed E-state index contributed by atoms with van der Waals surface area (Å²) in [7, 11) is 0. The zero-order valence-electron chi connectivity index (χ0n) is 19.1. The summed E-state index contributed by atoms with van der Waals surface area (Å²) in [6, 6.07) is 18.1. The van der Waals surface area contributed by atoms with Gasteiger partial charge in [0, 0.05) is 28.8 Å². The predicted octanol–water partition coefficient (Wildman–Crippen LogP) is 4.94. The molecule has 10 heteroatoms. The van der Waals surface area contributed by atoms with Crippen LogP contribution in [0.25, 0.3) is 5.57 Å². The summed E-state index contributed by atoms with van der Waals surface area (Å²) in [6.45, 7) is -0.0720. The Hall–Kier alpha value is -4.73. The van der Waals surface area contributed by atoms with E-state index < -0.39 is 35.6 Å². The van der Waals surface area contributed by atoms with Gasteiger partial charge in [-0.2, -0.15) is 0 Å². The lowest BCUT2D eigenvalue weighted by atomic mass is 9.94. The summed E-state index contributed by atoms with van der Waals surface area (Å²) in [6.07, 6.45) is -4.04. The summed E-state index contributed by atoms with van der Waals surface area (Å²) in [4.78, 5) is 48.9. The number of hydrogen-bond acceptors (Lipinski definition) is 5. The van der Waals surface area contributed by atoms with Crippen LogP contribution in [0.1, 0.15) is 43.1 Å². The maximum Gasteiger partial charge on any atom is 0.573 e. The van der Waals surface area contributed by atoms with Gasteiger partial charge in [0.05, 0.1) is 6.42 Å². The first-order valence-corrected chi connectivity index (χ1v) is 10.9. The second-order valence-corrected chi connectivity index (χ2v) is 7.67. The molecule has 190 valence electrons. The molecule has 0 aliphatic rings. The van der Waals surface area contributed by atoms with Crippen LogP contribution in [0.4, 0.5) is 13.2 Å². The third kappa shape index (κ3) is 7.89. The number of halogens is 3. The fraction of sp³-hybridized carbons (Fsp3) is 0.111. The highest BCUT2D eigenvalue weighted by Gasteiger charge is 2.31. The number of carboxylic acid groups (broad SMARTS) is 1. The number of carboxylic acids is 1. The van der Waals surface area contributed by atoms with Gasteiger partial charge < -0.3 is 15.2 Å². The predicted molar refractivity (Wildman–Crippen MR) is 127 cm³/mol. The molecule has 3 rings (SSSR count). The molecule has 37 heavy (non-hydrogen) atoms. The molecule has 0 unspecified atom stereocenters. The molecule has 1 amide bonds. The van der Waals surface area contributed by atoms with Crippen LogP contribution in [0, 0.1) is 0 Å². The van der Waals surface area contributed by atoms with Gasteiger partial charge in [-0.3, -0.25) is 19.2 Å². The maximum absolute atomic E-state index is 13.4. The highest BCUT2D eigenvalue weighted by molar-refractivity contribution is 6.32.